The van der Waals surface area contributed by atoms with Gasteiger partial charge < -0.3 is 0 Å². The van der Waals surface area contributed by atoms with Crippen molar-refractivity contribution in [2.24, 2.45) is 5.92 Å². The van der Waals surface area contributed by atoms with Crippen molar-refractivity contribution in [1.29, 1.82) is 0 Å². The van der Waals surface area contributed by atoms with Gasteiger partial charge in [-0.1, -0.05) is 76.9 Å². The second-order valence-corrected chi connectivity index (χ2v) is 13.0. The van der Waals surface area contributed by atoms with Crippen LogP contribution in [0.3, 0.4) is 0 Å². The van der Waals surface area contributed by atoms with E-state index in [1.54, 1.807) is 24.3 Å². The van der Waals surface area contributed by atoms with Crippen molar-refractivity contribution in [3.05, 3.63) is 111 Å². The SMILES string of the molecule is CC1=C(C)C(C)C([Si](c2ccc(F)cc2)(c2ccc(F)cc2)c2cc(C)cc(C)c2)=C1C. The first-order chi connectivity index (χ1) is 15.2. The summed E-state index contributed by atoms with van der Waals surface area (Å²) in [5.74, 6) is -0.226. The standard InChI is InChI=1S/C29H30F2Si/c1-18-15-19(2)17-28(16-18)32(26-11-7-24(30)8-12-26,27-13-9-25(31)10-14-27)29-22(5)20(3)21(4)23(29)6/h7-17,22H,1-6H3. The maximum Gasteiger partial charge on any atom is 0.176 e. The first-order valence-electron chi connectivity index (χ1n) is 11.2. The van der Waals surface area contributed by atoms with Crippen LogP contribution < -0.4 is 15.6 Å². The molecule has 0 fully saturated rings. The van der Waals surface area contributed by atoms with Gasteiger partial charge in [-0.25, -0.2) is 8.78 Å². The average Bonchev–Trinajstić information content (AvgIpc) is 2.94. The molecule has 3 aromatic carbocycles. The van der Waals surface area contributed by atoms with Crippen molar-refractivity contribution in [3.8, 4) is 0 Å². The van der Waals surface area contributed by atoms with Crippen LogP contribution >= 0.6 is 0 Å². The molecule has 1 aliphatic carbocycles. The Balaban J connectivity index is 2.20. The Hall–Kier alpha value is -2.78. The van der Waals surface area contributed by atoms with Crippen LogP contribution in [-0.4, -0.2) is 8.07 Å². The average molecular weight is 445 g/mol. The molecule has 0 amide bonds. The third-order valence-electron chi connectivity index (χ3n) is 7.25. The van der Waals surface area contributed by atoms with Crippen LogP contribution in [0.15, 0.2) is 88.6 Å². The van der Waals surface area contributed by atoms with E-state index in [-0.39, 0.29) is 17.6 Å². The maximum atomic E-state index is 14.1. The molecule has 3 aromatic rings. The summed E-state index contributed by atoms with van der Waals surface area (Å²) in [4.78, 5) is 0. The molecule has 164 valence electrons. The molecule has 0 N–H and O–H groups in total. The van der Waals surface area contributed by atoms with Crippen LogP contribution in [0.1, 0.15) is 38.8 Å². The molecule has 1 aliphatic rings. The number of aryl methyl sites for hydroxylation is 2. The molecule has 0 heterocycles. The van der Waals surface area contributed by atoms with Crippen LogP contribution in [-0.2, 0) is 0 Å². The van der Waals surface area contributed by atoms with Crippen LogP contribution in [0.4, 0.5) is 8.78 Å². The van der Waals surface area contributed by atoms with Crippen LogP contribution in [0.2, 0.25) is 0 Å². The van der Waals surface area contributed by atoms with E-state index >= 15 is 0 Å². The van der Waals surface area contributed by atoms with Gasteiger partial charge in [-0.3, -0.25) is 0 Å². The molecule has 0 aliphatic heterocycles. The van der Waals surface area contributed by atoms with Gasteiger partial charge in [-0.2, -0.15) is 0 Å². The van der Waals surface area contributed by atoms with Gasteiger partial charge in [0, 0.05) is 0 Å². The second kappa shape index (κ2) is 8.29. The maximum absolute atomic E-state index is 14.1. The van der Waals surface area contributed by atoms with Crippen molar-refractivity contribution < 1.29 is 8.78 Å². The fourth-order valence-corrected chi connectivity index (χ4v) is 11.3. The molecule has 0 radical (unpaired) electrons. The van der Waals surface area contributed by atoms with Gasteiger partial charge in [0.1, 0.15) is 11.6 Å². The molecular weight excluding hydrogens is 414 g/mol. The van der Waals surface area contributed by atoms with E-state index in [0.29, 0.717) is 0 Å². The Labute approximate surface area is 191 Å². The largest absolute Gasteiger partial charge is 0.207 e. The highest BCUT2D eigenvalue weighted by atomic mass is 28.3. The van der Waals surface area contributed by atoms with E-state index in [1.165, 1.54) is 38.2 Å². The zero-order valence-corrected chi connectivity index (χ0v) is 20.7. The van der Waals surface area contributed by atoms with Gasteiger partial charge in [-0.05, 0) is 85.9 Å². The Morgan fingerprint density at radius 3 is 1.41 bits per heavy atom. The zero-order valence-electron chi connectivity index (χ0n) is 19.7. The fraction of sp³-hybridized carbons (Fsp3) is 0.241. The smallest absolute Gasteiger partial charge is 0.176 e. The monoisotopic (exact) mass is 444 g/mol. The lowest BCUT2D eigenvalue weighted by atomic mass is 10.1. The van der Waals surface area contributed by atoms with Crippen molar-refractivity contribution in [3.63, 3.8) is 0 Å². The van der Waals surface area contributed by atoms with E-state index in [0.717, 1.165) is 10.4 Å². The third kappa shape index (κ3) is 3.49. The molecular formula is C29H30F2Si. The lowest BCUT2D eigenvalue weighted by molar-refractivity contribution is 0.628. The van der Waals surface area contributed by atoms with Crippen molar-refractivity contribution >= 4 is 23.6 Å². The molecule has 1 atom stereocenters. The minimum atomic E-state index is -2.80. The van der Waals surface area contributed by atoms with E-state index in [2.05, 4.69) is 59.7 Å². The fourth-order valence-electron chi connectivity index (χ4n) is 5.53. The Morgan fingerprint density at radius 1 is 0.594 bits per heavy atom. The quantitative estimate of drug-likeness (QED) is 0.347. The van der Waals surface area contributed by atoms with Gasteiger partial charge in [0.05, 0.1) is 0 Å². The Kier molecular flexibility index (Phi) is 5.81. The summed E-state index contributed by atoms with van der Waals surface area (Å²) in [5, 5.41) is 4.92. The molecule has 0 saturated heterocycles. The molecule has 3 heteroatoms. The summed E-state index contributed by atoms with van der Waals surface area (Å²) in [6.07, 6.45) is 0. The number of benzene rings is 3. The summed E-state index contributed by atoms with van der Waals surface area (Å²) < 4.78 is 28.1. The van der Waals surface area contributed by atoms with Crippen LogP contribution in [0.5, 0.6) is 0 Å². The molecule has 32 heavy (non-hydrogen) atoms. The van der Waals surface area contributed by atoms with Crippen molar-refractivity contribution in [1.82, 2.24) is 0 Å². The summed E-state index contributed by atoms with van der Waals surface area (Å²) in [7, 11) is -2.80. The van der Waals surface area contributed by atoms with Gasteiger partial charge >= 0.3 is 0 Å². The molecule has 4 rings (SSSR count). The molecule has 0 bridgehead atoms. The van der Waals surface area contributed by atoms with Crippen molar-refractivity contribution in [2.45, 2.75) is 41.5 Å². The summed E-state index contributed by atoms with van der Waals surface area (Å²) >= 11 is 0. The summed E-state index contributed by atoms with van der Waals surface area (Å²) in [6.45, 7) is 13.2. The van der Waals surface area contributed by atoms with E-state index < -0.39 is 8.07 Å². The lowest BCUT2D eigenvalue weighted by Gasteiger charge is -2.39. The summed E-state index contributed by atoms with van der Waals surface area (Å²) in [5.41, 5.74) is 6.42. The third-order valence-corrected chi connectivity index (χ3v) is 12.4. The molecule has 0 spiro atoms. The predicted octanol–water partition coefficient (Wildman–Crippen LogP) is 5.89. The molecule has 0 nitrogen and oxygen atoms in total. The normalized spacial score (nSPS) is 16.8. The van der Waals surface area contributed by atoms with Gasteiger partial charge in [0.15, 0.2) is 8.07 Å². The molecule has 0 saturated carbocycles. The highest BCUT2D eigenvalue weighted by molar-refractivity contribution is 7.16. The number of rotatable bonds is 4. The number of allylic oxidation sites excluding steroid dienone is 4. The highest BCUT2D eigenvalue weighted by Gasteiger charge is 2.48. The topological polar surface area (TPSA) is 0 Å². The van der Waals surface area contributed by atoms with Crippen LogP contribution in [0.25, 0.3) is 0 Å². The van der Waals surface area contributed by atoms with E-state index in [9.17, 15) is 8.78 Å². The minimum absolute atomic E-state index is 0.244. The highest BCUT2D eigenvalue weighted by Crippen LogP contribution is 2.41. The van der Waals surface area contributed by atoms with Crippen molar-refractivity contribution in [2.75, 3.05) is 0 Å². The number of halogens is 2. The van der Waals surface area contributed by atoms with Gasteiger partial charge in [0.25, 0.3) is 0 Å². The Morgan fingerprint density at radius 2 is 1.03 bits per heavy atom. The second-order valence-electron chi connectivity index (χ2n) is 9.21. The summed E-state index contributed by atoms with van der Waals surface area (Å²) in [6, 6.07) is 20.8. The zero-order chi connectivity index (χ0) is 23.2. The van der Waals surface area contributed by atoms with E-state index in [1.807, 2.05) is 24.3 Å². The van der Waals surface area contributed by atoms with Crippen LogP contribution in [0, 0.1) is 31.4 Å². The first-order valence-corrected chi connectivity index (χ1v) is 13.2. The number of hydrogen-bond donors (Lipinski definition) is 0. The van der Waals surface area contributed by atoms with E-state index in [4.69, 9.17) is 0 Å². The predicted molar refractivity (Wildman–Crippen MR) is 134 cm³/mol. The lowest BCUT2D eigenvalue weighted by Crippen LogP contribution is -2.69. The number of hydrogen-bond acceptors (Lipinski definition) is 0. The molecule has 0 aromatic heterocycles. The Bertz CT molecular complexity index is 1170. The van der Waals surface area contributed by atoms with Gasteiger partial charge in [0.2, 0.25) is 0 Å². The minimum Gasteiger partial charge on any atom is -0.207 e. The molecule has 1 unspecified atom stereocenters. The first kappa shape index (κ1) is 22.4. The van der Waals surface area contributed by atoms with Gasteiger partial charge in [-0.15, -0.1) is 0 Å².